The smallest absolute Gasteiger partial charge is 0.408 e. The number of ketones is 1. The van der Waals surface area contributed by atoms with Crippen molar-refractivity contribution in [2.24, 2.45) is 10.9 Å². The first-order valence-corrected chi connectivity index (χ1v) is 12.4. The molecule has 0 radical (unpaired) electrons. The van der Waals surface area contributed by atoms with Gasteiger partial charge in [-0.25, -0.2) is 9.97 Å². The fourth-order valence-corrected chi connectivity index (χ4v) is 5.46. The topological polar surface area (TPSA) is 83.4 Å². The summed E-state index contributed by atoms with van der Waals surface area (Å²) in [5.41, 5.74) is -0.0807. The van der Waals surface area contributed by atoms with Crippen LogP contribution in [-0.4, -0.2) is 99.7 Å². The number of morpholine rings is 1. The number of aromatic nitrogens is 2. The van der Waals surface area contributed by atoms with Gasteiger partial charge in [-0.05, 0) is 38.2 Å². The highest BCUT2D eigenvalue weighted by Gasteiger charge is 2.52. The van der Waals surface area contributed by atoms with Crippen LogP contribution in [0.3, 0.4) is 0 Å². The van der Waals surface area contributed by atoms with Gasteiger partial charge in [-0.2, -0.15) is 18.2 Å². The summed E-state index contributed by atoms with van der Waals surface area (Å²) in [4.78, 5) is 31.0. The Bertz CT molecular complexity index is 1090. The number of carbonyl (C=O) groups is 1. The average molecular weight is 507 g/mol. The van der Waals surface area contributed by atoms with Gasteiger partial charge in [-0.15, -0.1) is 0 Å². The Labute approximate surface area is 207 Å². The van der Waals surface area contributed by atoms with Gasteiger partial charge in [-0.3, -0.25) is 4.79 Å². The van der Waals surface area contributed by atoms with Gasteiger partial charge in [0, 0.05) is 38.4 Å². The molecule has 9 nitrogen and oxygen atoms in total. The maximum absolute atomic E-state index is 14.1. The lowest BCUT2D eigenvalue weighted by atomic mass is 10.0. The number of carbonyl (C=O) groups excluding carboxylic acids is 1. The molecule has 0 spiro atoms. The van der Waals surface area contributed by atoms with Crippen LogP contribution in [0, 0.1) is 5.92 Å². The number of halogens is 3. The summed E-state index contributed by atoms with van der Waals surface area (Å²) in [6.07, 6.45) is 3.17. The third-order valence-electron chi connectivity index (χ3n) is 7.70. The molecule has 0 aromatic carbocycles. The Morgan fingerprint density at radius 1 is 1.25 bits per heavy atom. The third kappa shape index (κ3) is 4.39. The molecule has 6 rings (SSSR count). The molecule has 3 saturated heterocycles. The minimum Gasteiger partial charge on any atom is -0.463 e. The lowest BCUT2D eigenvalue weighted by molar-refractivity contribution is -0.179. The zero-order valence-corrected chi connectivity index (χ0v) is 20.1. The maximum Gasteiger partial charge on any atom is 0.408 e. The highest BCUT2D eigenvalue weighted by Crippen LogP contribution is 2.41. The van der Waals surface area contributed by atoms with E-state index in [9.17, 15) is 18.0 Å². The van der Waals surface area contributed by atoms with Crippen molar-refractivity contribution in [2.45, 2.75) is 56.5 Å². The Morgan fingerprint density at radius 2 is 2.03 bits per heavy atom. The van der Waals surface area contributed by atoms with Gasteiger partial charge in [0.15, 0.2) is 5.78 Å². The highest BCUT2D eigenvalue weighted by atomic mass is 19.4. The summed E-state index contributed by atoms with van der Waals surface area (Å²) in [6.45, 7) is 4.04. The normalized spacial score (nSPS) is 29.7. The molecule has 3 unspecified atom stereocenters. The number of hydrogen-bond donors (Lipinski definition) is 0. The van der Waals surface area contributed by atoms with Gasteiger partial charge in [0.2, 0.25) is 5.96 Å². The van der Waals surface area contributed by atoms with Crippen molar-refractivity contribution < 1.29 is 27.4 Å². The number of nitrogens with zero attached hydrogens (tertiary/aromatic N) is 6. The van der Waals surface area contributed by atoms with Crippen LogP contribution in [0.1, 0.15) is 43.0 Å². The maximum atomic E-state index is 14.1. The summed E-state index contributed by atoms with van der Waals surface area (Å²) < 4.78 is 53.5. The van der Waals surface area contributed by atoms with Gasteiger partial charge >= 0.3 is 12.2 Å². The van der Waals surface area contributed by atoms with E-state index in [0.29, 0.717) is 38.0 Å². The molecule has 3 atom stereocenters. The van der Waals surface area contributed by atoms with E-state index < -0.39 is 24.5 Å². The number of aliphatic imine (C=N–C) groups is 1. The molecule has 5 heterocycles. The van der Waals surface area contributed by atoms with E-state index in [4.69, 9.17) is 14.5 Å². The molecular formula is C24H29F3N6O3. The van der Waals surface area contributed by atoms with Crippen molar-refractivity contribution in [1.29, 1.82) is 0 Å². The quantitative estimate of drug-likeness (QED) is 0.522. The number of guanidine groups is 1. The molecule has 194 valence electrons. The van der Waals surface area contributed by atoms with Gasteiger partial charge < -0.3 is 24.2 Å². The van der Waals surface area contributed by atoms with Crippen LogP contribution in [0.15, 0.2) is 29.3 Å². The first-order chi connectivity index (χ1) is 17.2. The van der Waals surface area contributed by atoms with Crippen molar-refractivity contribution >= 4 is 11.7 Å². The fraction of sp³-hybridized carbons (Fsp3) is 0.667. The van der Waals surface area contributed by atoms with Crippen molar-refractivity contribution in [1.82, 2.24) is 24.7 Å². The molecule has 2 bridgehead atoms. The van der Waals surface area contributed by atoms with Gasteiger partial charge in [0.1, 0.15) is 11.9 Å². The Morgan fingerprint density at radius 3 is 2.67 bits per heavy atom. The number of rotatable bonds is 7. The van der Waals surface area contributed by atoms with Gasteiger partial charge in [-0.1, -0.05) is 0 Å². The number of fused-ring (bicyclic) bond motifs is 3. The van der Waals surface area contributed by atoms with Crippen molar-refractivity contribution in [3.8, 4) is 6.01 Å². The van der Waals surface area contributed by atoms with E-state index in [1.54, 1.807) is 4.90 Å². The Kier molecular flexibility index (Phi) is 5.62. The number of Topliss-reactive ketones (excluding diaryl/α,β-unsaturated/α-hetero) is 1. The molecule has 5 aliphatic rings. The van der Waals surface area contributed by atoms with E-state index in [-0.39, 0.29) is 42.1 Å². The average Bonchev–Trinajstić information content (AvgIpc) is 3.53. The second-order valence-electron chi connectivity index (χ2n) is 10.6. The predicted molar refractivity (Wildman–Crippen MR) is 122 cm³/mol. The second kappa shape index (κ2) is 8.60. The standard InChI is InChI=1S/C24H29F3N6O3/c1-23-8-17(36-14-23)11-33(23)20-5-7-31-6-4-19(24(25,26)27)32(22(31)30-20)12-18(34)16-9-28-21(29-10-16)35-13-15-2-3-15/h5,9-10,15,17,19H,2-4,6-8,11-14H2,1H3. The molecule has 36 heavy (non-hydrogen) atoms. The molecule has 12 heteroatoms. The Balaban J connectivity index is 1.23. The SMILES string of the molecule is CC12COC(CN1C1=CCN3CCC(C(F)(F)F)N(CC(=O)c4cnc(OCC5CC5)nc4)C3=N1)C2. The van der Waals surface area contributed by atoms with Crippen LogP contribution in [-0.2, 0) is 4.74 Å². The van der Waals surface area contributed by atoms with Crippen LogP contribution >= 0.6 is 0 Å². The number of hydrogen-bond acceptors (Lipinski definition) is 9. The number of ether oxygens (including phenoxy) is 2. The molecule has 4 fully saturated rings. The molecule has 1 aliphatic carbocycles. The largest absolute Gasteiger partial charge is 0.463 e. The van der Waals surface area contributed by atoms with E-state index >= 15 is 0 Å². The first-order valence-electron chi connectivity index (χ1n) is 12.4. The van der Waals surface area contributed by atoms with Crippen LogP contribution in [0.5, 0.6) is 6.01 Å². The van der Waals surface area contributed by atoms with E-state index in [2.05, 4.69) is 21.8 Å². The lowest BCUT2D eigenvalue weighted by Crippen LogP contribution is -2.62. The molecule has 1 aromatic heterocycles. The number of likely N-dealkylation sites (tertiary alicyclic amines) is 1. The fourth-order valence-electron chi connectivity index (χ4n) is 5.46. The minimum absolute atomic E-state index is 0.109. The summed E-state index contributed by atoms with van der Waals surface area (Å²) >= 11 is 0. The first kappa shape index (κ1) is 23.5. The third-order valence-corrected chi connectivity index (χ3v) is 7.70. The molecule has 4 aliphatic heterocycles. The summed E-state index contributed by atoms with van der Waals surface area (Å²) in [7, 11) is 0. The monoisotopic (exact) mass is 506 g/mol. The van der Waals surface area contributed by atoms with Crippen LogP contribution in [0.4, 0.5) is 13.2 Å². The minimum atomic E-state index is -4.50. The van der Waals surface area contributed by atoms with Crippen LogP contribution < -0.4 is 4.74 Å². The predicted octanol–water partition coefficient (Wildman–Crippen LogP) is 2.46. The molecule has 0 N–H and O–H groups in total. The molecule has 1 aromatic rings. The zero-order chi connectivity index (χ0) is 25.1. The highest BCUT2D eigenvalue weighted by molar-refractivity contribution is 5.99. The second-order valence-corrected chi connectivity index (χ2v) is 10.6. The van der Waals surface area contributed by atoms with E-state index in [0.717, 1.165) is 24.2 Å². The lowest BCUT2D eigenvalue weighted by Gasteiger charge is -2.47. The van der Waals surface area contributed by atoms with Gasteiger partial charge in [0.25, 0.3) is 0 Å². The summed E-state index contributed by atoms with van der Waals surface area (Å²) in [5, 5.41) is 0. The molecular weight excluding hydrogens is 477 g/mol. The van der Waals surface area contributed by atoms with Crippen LogP contribution in [0.2, 0.25) is 0 Å². The van der Waals surface area contributed by atoms with Crippen molar-refractivity contribution in [2.75, 3.05) is 39.4 Å². The van der Waals surface area contributed by atoms with Crippen molar-refractivity contribution in [3.63, 3.8) is 0 Å². The summed E-state index contributed by atoms with van der Waals surface area (Å²) in [6, 6.07) is -1.63. The van der Waals surface area contributed by atoms with Crippen molar-refractivity contribution in [3.05, 3.63) is 29.9 Å². The zero-order valence-electron chi connectivity index (χ0n) is 20.1. The van der Waals surface area contributed by atoms with Crippen LogP contribution in [0.25, 0.3) is 0 Å². The molecule has 0 amide bonds. The Hall–Kier alpha value is -2.89. The van der Waals surface area contributed by atoms with Gasteiger partial charge in [0.05, 0.1) is 37.0 Å². The summed E-state index contributed by atoms with van der Waals surface area (Å²) in [5.74, 6) is 0.860. The molecule has 1 saturated carbocycles. The van der Waals surface area contributed by atoms with E-state index in [1.165, 1.54) is 12.4 Å². The number of alkyl halides is 3. The van der Waals surface area contributed by atoms with E-state index in [1.807, 2.05) is 6.08 Å².